The zero-order valence-corrected chi connectivity index (χ0v) is 15.0. The van der Waals surface area contributed by atoms with Crippen LogP contribution in [0.2, 0.25) is 6.04 Å². The molecule has 9 heteroatoms. The van der Waals surface area contributed by atoms with Gasteiger partial charge in [-0.3, -0.25) is 9.59 Å². The predicted octanol–water partition coefficient (Wildman–Crippen LogP) is 1.09. The number of esters is 2. The topological polar surface area (TPSA) is 80.3 Å². The van der Waals surface area contributed by atoms with Crippen LogP contribution in [0.1, 0.15) is 12.8 Å². The van der Waals surface area contributed by atoms with Crippen LogP contribution in [0.25, 0.3) is 0 Å². The van der Waals surface area contributed by atoms with Crippen molar-refractivity contribution in [3.63, 3.8) is 0 Å². The molecule has 0 saturated heterocycles. The summed E-state index contributed by atoms with van der Waals surface area (Å²) >= 11 is 1.35. The van der Waals surface area contributed by atoms with E-state index in [1.807, 2.05) is 0 Å². The van der Waals surface area contributed by atoms with Gasteiger partial charge in [0.25, 0.3) is 0 Å². The summed E-state index contributed by atoms with van der Waals surface area (Å²) in [4.78, 5) is 22.9. The lowest BCUT2D eigenvalue weighted by Crippen LogP contribution is -2.42. The lowest BCUT2D eigenvalue weighted by atomic mass is 10.3. The summed E-state index contributed by atoms with van der Waals surface area (Å²) in [7, 11) is 4.67. The third-order valence-corrected chi connectivity index (χ3v) is 7.04. The second-order valence-electron chi connectivity index (χ2n) is 4.06. The summed E-state index contributed by atoms with van der Waals surface area (Å²) in [5, 5.41) is -0.564. The van der Waals surface area contributed by atoms with E-state index in [0.717, 1.165) is 6.42 Å². The van der Waals surface area contributed by atoms with Crippen molar-refractivity contribution in [3.05, 3.63) is 0 Å². The SMILES string of the molecule is COC(=O)CC(SCCC[Si](OC)(OC)OC)C(=O)OC. The molecule has 0 N–H and O–H groups in total. The minimum Gasteiger partial charge on any atom is -0.469 e. The molecule has 0 radical (unpaired) electrons. The number of carbonyl (C=O) groups is 2. The normalized spacial score (nSPS) is 12.8. The number of hydrogen-bond donors (Lipinski definition) is 0. The van der Waals surface area contributed by atoms with Gasteiger partial charge in [-0.25, -0.2) is 0 Å². The molecule has 21 heavy (non-hydrogen) atoms. The minimum atomic E-state index is -2.58. The van der Waals surface area contributed by atoms with E-state index in [2.05, 4.69) is 9.47 Å². The molecule has 124 valence electrons. The molecule has 0 aliphatic carbocycles. The van der Waals surface area contributed by atoms with Crippen molar-refractivity contribution in [2.45, 2.75) is 24.1 Å². The van der Waals surface area contributed by atoms with Crippen molar-refractivity contribution in [1.29, 1.82) is 0 Å². The van der Waals surface area contributed by atoms with Crippen LogP contribution in [0.15, 0.2) is 0 Å². The van der Waals surface area contributed by atoms with E-state index in [1.54, 1.807) is 21.3 Å². The first-order valence-electron chi connectivity index (χ1n) is 6.40. The van der Waals surface area contributed by atoms with E-state index in [-0.39, 0.29) is 6.42 Å². The average molecular weight is 340 g/mol. The molecule has 0 bridgehead atoms. The molecule has 0 aliphatic rings. The van der Waals surface area contributed by atoms with Crippen molar-refractivity contribution in [2.75, 3.05) is 41.3 Å². The third kappa shape index (κ3) is 7.27. The van der Waals surface area contributed by atoms with Gasteiger partial charge in [0.2, 0.25) is 0 Å². The Hall–Kier alpha value is -0.613. The first kappa shape index (κ1) is 20.4. The lowest BCUT2D eigenvalue weighted by molar-refractivity contribution is -0.146. The zero-order chi connectivity index (χ0) is 16.3. The van der Waals surface area contributed by atoms with Gasteiger partial charge in [-0.1, -0.05) is 0 Å². The van der Waals surface area contributed by atoms with Gasteiger partial charge in [0.15, 0.2) is 0 Å². The smallest absolute Gasteiger partial charge is 0.469 e. The van der Waals surface area contributed by atoms with Gasteiger partial charge < -0.3 is 22.8 Å². The van der Waals surface area contributed by atoms with Crippen LogP contribution >= 0.6 is 11.8 Å². The van der Waals surface area contributed by atoms with Crippen LogP contribution in [-0.4, -0.2) is 67.3 Å². The number of methoxy groups -OCH3 is 2. The highest BCUT2D eigenvalue weighted by molar-refractivity contribution is 8.00. The second kappa shape index (κ2) is 11.0. The Bertz CT molecular complexity index is 314. The quantitative estimate of drug-likeness (QED) is 0.314. The maximum absolute atomic E-state index is 11.6. The molecule has 0 spiro atoms. The number of rotatable bonds is 11. The standard InChI is InChI=1S/C12H24O7SSi/c1-15-11(13)9-10(12(14)16-2)20-7-6-8-21(17-3,18-4)19-5/h10H,6-9H2,1-5H3. The molecule has 0 aliphatic heterocycles. The largest absolute Gasteiger partial charge is 0.500 e. The fourth-order valence-electron chi connectivity index (χ4n) is 1.65. The highest BCUT2D eigenvalue weighted by Gasteiger charge is 2.37. The van der Waals surface area contributed by atoms with Gasteiger partial charge >= 0.3 is 20.7 Å². The van der Waals surface area contributed by atoms with Crippen LogP contribution in [0, 0.1) is 0 Å². The Morgan fingerprint density at radius 3 is 2.00 bits per heavy atom. The van der Waals surface area contributed by atoms with Crippen molar-refractivity contribution in [2.24, 2.45) is 0 Å². The molecular weight excluding hydrogens is 316 g/mol. The average Bonchev–Trinajstić information content (AvgIpc) is 2.53. The Labute approximate surface area is 131 Å². The van der Waals surface area contributed by atoms with E-state index < -0.39 is 26.0 Å². The fourth-order valence-corrected chi connectivity index (χ4v) is 4.71. The van der Waals surface area contributed by atoms with E-state index in [1.165, 1.54) is 26.0 Å². The van der Waals surface area contributed by atoms with Crippen molar-refractivity contribution in [1.82, 2.24) is 0 Å². The molecule has 0 saturated carbocycles. The maximum Gasteiger partial charge on any atom is 0.500 e. The van der Waals surface area contributed by atoms with Gasteiger partial charge in [-0.2, -0.15) is 0 Å². The van der Waals surface area contributed by atoms with Crippen LogP contribution in [0.5, 0.6) is 0 Å². The molecule has 1 atom stereocenters. The number of hydrogen-bond acceptors (Lipinski definition) is 8. The Morgan fingerprint density at radius 2 is 1.57 bits per heavy atom. The predicted molar refractivity (Wildman–Crippen MR) is 81.1 cm³/mol. The van der Waals surface area contributed by atoms with Crippen molar-refractivity contribution >= 4 is 32.5 Å². The van der Waals surface area contributed by atoms with E-state index >= 15 is 0 Å². The minimum absolute atomic E-state index is 0.00472. The Kier molecular flexibility index (Phi) is 10.7. The molecule has 0 aromatic rings. The first-order chi connectivity index (χ1) is 9.98. The molecule has 1 unspecified atom stereocenters. The van der Waals surface area contributed by atoms with Gasteiger partial charge in [0, 0.05) is 27.4 Å². The third-order valence-electron chi connectivity index (χ3n) is 2.92. The van der Waals surface area contributed by atoms with Crippen molar-refractivity contribution < 1.29 is 32.3 Å². The monoisotopic (exact) mass is 340 g/mol. The summed E-state index contributed by atoms with van der Waals surface area (Å²) in [6, 6.07) is 0.635. The second-order valence-corrected chi connectivity index (χ2v) is 8.46. The molecule has 0 heterocycles. The van der Waals surface area contributed by atoms with Crippen LogP contribution < -0.4 is 0 Å². The highest BCUT2D eigenvalue weighted by atomic mass is 32.2. The summed E-state index contributed by atoms with van der Waals surface area (Å²) < 4.78 is 25.2. The lowest BCUT2D eigenvalue weighted by Gasteiger charge is -2.24. The molecule has 7 nitrogen and oxygen atoms in total. The summed E-state index contributed by atoms with van der Waals surface area (Å²) in [5.74, 6) is -0.215. The number of thioether (sulfide) groups is 1. The van der Waals surface area contributed by atoms with E-state index in [0.29, 0.717) is 11.8 Å². The first-order valence-corrected chi connectivity index (χ1v) is 9.38. The fraction of sp³-hybridized carbons (Fsp3) is 0.833. The van der Waals surface area contributed by atoms with E-state index in [9.17, 15) is 9.59 Å². The molecule has 0 rings (SSSR count). The highest BCUT2D eigenvalue weighted by Crippen LogP contribution is 2.22. The zero-order valence-electron chi connectivity index (χ0n) is 13.2. The Balaban J connectivity index is 4.30. The molecule has 0 amide bonds. The van der Waals surface area contributed by atoms with Crippen LogP contribution in [0.4, 0.5) is 0 Å². The number of carbonyl (C=O) groups excluding carboxylic acids is 2. The van der Waals surface area contributed by atoms with Gasteiger partial charge in [0.1, 0.15) is 5.25 Å². The molecule has 0 aromatic heterocycles. The van der Waals surface area contributed by atoms with Crippen LogP contribution in [-0.2, 0) is 32.3 Å². The summed E-state index contributed by atoms with van der Waals surface area (Å²) in [6.45, 7) is 0. The van der Waals surface area contributed by atoms with Gasteiger partial charge in [-0.05, 0) is 12.2 Å². The van der Waals surface area contributed by atoms with Gasteiger partial charge in [0.05, 0.1) is 20.6 Å². The number of ether oxygens (including phenoxy) is 2. The summed E-state index contributed by atoms with van der Waals surface area (Å²) in [6.07, 6.45) is 0.732. The van der Waals surface area contributed by atoms with Crippen molar-refractivity contribution in [3.8, 4) is 0 Å². The maximum atomic E-state index is 11.6. The summed E-state index contributed by atoms with van der Waals surface area (Å²) in [5.41, 5.74) is 0. The Morgan fingerprint density at radius 1 is 1.00 bits per heavy atom. The van der Waals surface area contributed by atoms with Crippen LogP contribution in [0.3, 0.4) is 0 Å². The molecule has 0 aromatic carbocycles. The molecular formula is C12H24O7SSi. The molecule has 0 fully saturated rings. The van der Waals surface area contributed by atoms with E-state index in [4.69, 9.17) is 13.3 Å². The van der Waals surface area contributed by atoms with Gasteiger partial charge in [-0.15, -0.1) is 11.8 Å².